The maximum atomic E-state index is 13.3. The molecule has 1 N–H and O–H groups in total. The van der Waals surface area contributed by atoms with Gasteiger partial charge in [-0.1, -0.05) is 36.4 Å². The molecule has 2 nitrogen and oxygen atoms in total. The second-order valence-corrected chi connectivity index (χ2v) is 5.57. The zero-order valence-electron chi connectivity index (χ0n) is 11.9. The molecule has 2 aromatic carbocycles. The topological polar surface area (TPSA) is 29.5 Å². The highest BCUT2D eigenvalue weighted by atomic mass is 19.1. The summed E-state index contributed by atoms with van der Waals surface area (Å²) in [5.41, 5.74) is 3.15. The first-order chi connectivity index (χ1) is 10.3. The molecule has 1 unspecified atom stereocenters. The Hall–Kier alpha value is -1.71. The van der Waals surface area contributed by atoms with Crippen molar-refractivity contribution in [3.63, 3.8) is 0 Å². The number of ether oxygens (including phenoxy) is 1. The van der Waals surface area contributed by atoms with Crippen molar-refractivity contribution < 1.29 is 14.2 Å². The molecule has 0 saturated heterocycles. The first kappa shape index (κ1) is 14.2. The molecule has 0 aliphatic carbocycles. The van der Waals surface area contributed by atoms with Crippen LogP contribution in [-0.4, -0.2) is 18.3 Å². The van der Waals surface area contributed by atoms with Crippen LogP contribution in [0.15, 0.2) is 48.5 Å². The largest absolute Gasteiger partial charge is 0.396 e. The fourth-order valence-electron chi connectivity index (χ4n) is 3.27. The summed E-state index contributed by atoms with van der Waals surface area (Å²) in [5, 5.41) is 9.25. The lowest BCUT2D eigenvalue weighted by Gasteiger charge is -2.39. The van der Waals surface area contributed by atoms with E-state index in [9.17, 15) is 9.50 Å². The van der Waals surface area contributed by atoms with Gasteiger partial charge in [-0.3, -0.25) is 0 Å². The minimum atomic E-state index is -0.300. The molecule has 0 aromatic heterocycles. The molecule has 0 amide bonds. The van der Waals surface area contributed by atoms with E-state index in [-0.39, 0.29) is 17.8 Å². The highest BCUT2D eigenvalue weighted by molar-refractivity contribution is 5.45. The Morgan fingerprint density at radius 1 is 1.10 bits per heavy atom. The quantitative estimate of drug-likeness (QED) is 0.933. The average Bonchev–Trinajstić information content (AvgIpc) is 2.53. The lowest BCUT2D eigenvalue weighted by atomic mass is 9.69. The lowest BCUT2D eigenvalue weighted by Crippen LogP contribution is -2.38. The number of aliphatic hydroxyl groups is 1. The monoisotopic (exact) mass is 286 g/mol. The normalized spacial score (nSPS) is 21.0. The summed E-state index contributed by atoms with van der Waals surface area (Å²) < 4.78 is 19.1. The highest BCUT2D eigenvalue weighted by Crippen LogP contribution is 2.41. The van der Waals surface area contributed by atoms with Crippen molar-refractivity contribution in [2.24, 2.45) is 0 Å². The van der Waals surface area contributed by atoms with Gasteiger partial charge in [-0.05, 0) is 41.7 Å². The van der Waals surface area contributed by atoms with E-state index in [2.05, 4.69) is 12.1 Å². The minimum Gasteiger partial charge on any atom is -0.396 e. The molecule has 0 spiro atoms. The average molecular weight is 286 g/mol. The molecule has 0 saturated carbocycles. The number of halogens is 1. The summed E-state index contributed by atoms with van der Waals surface area (Å²) in [4.78, 5) is 0. The van der Waals surface area contributed by atoms with E-state index in [0.717, 1.165) is 12.0 Å². The molecule has 3 heteroatoms. The maximum absolute atomic E-state index is 13.3. The van der Waals surface area contributed by atoms with E-state index in [4.69, 9.17) is 4.74 Å². The van der Waals surface area contributed by atoms with Crippen LogP contribution in [0.3, 0.4) is 0 Å². The first-order valence-electron chi connectivity index (χ1n) is 7.29. The summed E-state index contributed by atoms with van der Waals surface area (Å²) in [5.74, 6) is -0.235. The Balaban J connectivity index is 2.12. The molecule has 1 heterocycles. The molecule has 1 aliphatic rings. The summed E-state index contributed by atoms with van der Waals surface area (Å²) in [6.45, 7) is 1.32. The van der Waals surface area contributed by atoms with E-state index in [0.29, 0.717) is 19.6 Å². The van der Waals surface area contributed by atoms with Crippen LogP contribution in [0.2, 0.25) is 0 Å². The van der Waals surface area contributed by atoms with Crippen molar-refractivity contribution in [3.05, 3.63) is 71.0 Å². The summed E-state index contributed by atoms with van der Waals surface area (Å²) >= 11 is 0. The Bertz CT molecular complexity index is 609. The van der Waals surface area contributed by atoms with Crippen LogP contribution in [0.1, 0.15) is 29.5 Å². The fourth-order valence-corrected chi connectivity index (χ4v) is 3.27. The van der Waals surface area contributed by atoms with E-state index < -0.39 is 0 Å². The van der Waals surface area contributed by atoms with Gasteiger partial charge in [0.15, 0.2) is 0 Å². The van der Waals surface area contributed by atoms with E-state index in [1.54, 1.807) is 0 Å². The smallest absolute Gasteiger partial charge is 0.123 e. The third-order valence-corrected chi connectivity index (χ3v) is 4.30. The molecule has 0 bridgehead atoms. The third kappa shape index (κ3) is 2.59. The fraction of sp³-hybridized carbons (Fsp3) is 0.333. The molecular formula is C18H19FO2. The van der Waals surface area contributed by atoms with Crippen LogP contribution in [0.5, 0.6) is 0 Å². The van der Waals surface area contributed by atoms with Gasteiger partial charge in [0.2, 0.25) is 0 Å². The number of benzene rings is 2. The van der Waals surface area contributed by atoms with Gasteiger partial charge in [0, 0.05) is 12.0 Å². The van der Waals surface area contributed by atoms with Crippen molar-refractivity contribution in [2.45, 2.75) is 24.9 Å². The van der Waals surface area contributed by atoms with E-state index in [1.807, 2.05) is 24.3 Å². The summed E-state index contributed by atoms with van der Waals surface area (Å²) in [6, 6.07) is 14.9. The van der Waals surface area contributed by atoms with Crippen molar-refractivity contribution >= 4 is 0 Å². The van der Waals surface area contributed by atoms with Gasteiger partial charge in [0.25, 0.3) is 0 Å². The van der Waals surface area contributed by atoms with Gasteiger partial charge in [0.05, 0.1) is 13.2 Å². The minimum absolute atomic E-state index is 0.144. The third-order valence-electron chi connectivity index (χ3n) is 4.30. The Kier molecular flexibility index (Phi) is 4.04. The molecule has 0 fully saturated rings. The zero-order valence-corrected chi connectivity index (χ0v) is 11.9. The zero-order chi connectivity index (χ0) is 14.7. The van der Waals surface area contributed by atoms with Gasteiger partial charge < -0.3 is 9.84 Å². The number of fused-ring (bicyclic) bond motifs is 1. The van der Waals surface area contributed by atoms with Gasteiger partial charge in [-0.2, -0.15) is 0 Å². The Morgan fingerprint density at radius 2 is 1.86 bits per heavy atom. The summed E-state index contributed by atoms with van der Waals surface area (Å²) in [7, 11) is 0. The van der Waals surface area contributed by atoms with E-state index >= 15 is 0 Å². The second kappa shape index (κ2) is 5.96. The van der Waals surface area contributed by atoms with Crippen LogP contribution in [0.25, 0.3) is 0 Å². The predicted molar refractivity (Wildman–Crippen MR) is 79.6 cm³/mol. The van der Waals surface area contributed by atoms with Crippen LogP contribution < -0.4 is 0 Å². The molecular weight excluding hydrogens is 267 g/mol. The van der Waals surface area contributed by atoms with Gasteiger partial charge >= 0.3 is 0 Å². The van der Waals surface area contributed by atoms with Crippen LogP contribution in [-0.2, 0) is 16.8 Å². The van der Waals surface area contributed by atoms with Crippen molar-refractivity contribution in [1.82, 2.24) is 0 Å². The predicted octanol–water partition coefficient (Wildman–Crippen LogP) is 3.41. The van der Waals surface area contributed by atoms with Crippen LogP contribution >= 0.6 is 0 Å². The lowest BCUT2D eigenvalue weighted by molar-refractivity contribution is 0.0593. The SMILES string of the molecule is OCCCC1(c2ccc(F)cc2)COCc2ccccc21. The highest BCUT2D eigenvalue weighted by Gasteiger charge is 2.38. The second-order valence-electron chi connectivity index (χ2n) is 5.57. The molecule has 3 rings (SSSR count). The van der Waals surface area contributed by atoms with Crippen molar-refractivity contribution in [2.75, 3.05) is 13.2 Å². The number of hydrogen-bond donors (Lipinski definition) is 1. The van der Waals surface area contributed by atoms with E-state index in [1.165, 1.54) is 23.3 Å². The molecule has 0 radical (unpaired) electrons. The van der Waals surface area contributed by atoms with Crippen molar-refractivity contribution in [1.29, 1.82) is 0 Å². The van der Waals surface area contributed by atoms with Crippen molar-refractivity contribution in [3.8, 4) is 0 Å². The molecule has 2 aromatic rings. The molecule has 110 valence electrons. The summed E-state index contributed by atoms with van der Waals surface area (Å²) in [6.07, 6.45) is 1.47. The van der Waals surface area contributed by atoms with Gasteiger partial charge in [-0.15, -0.1) is 0 Å². The standard InChI is InChI=1S/C18H19FO2/c19-16-8-6-15(7-9-16)18(10-3-11-20)13-21-12-14-4-1-2-5-17(14)18/h1-2,4-9,20H,3,10-13H2. The van der Waals surface area contributed by atoms with Crippen LogP contribution in [0.4, 0.5) is 4.39 Å². The van der Waals surface area contributed by atoms with Crippen LogP contribution in [0, 0.1) is 5.82 Å². The van der Waals surface area contributed by atoms with Gasteiger partial charge in [0.1, 0.15) is 5.82 Å². The Morgan fingerprint density at radius 3 is 2.62 bits per heavy atom. The molecule has 1 aliphatic heterocycles. The van der Waals surface area contributed by atoms with Gasteiger partial charge in [-0.25, -0.2) is 4.39 Å². The first-order valence-corrected chi connectivity index (χ1v) is 7.29. The maximum Gasteiger partial charge on any atom is 0.123 e. The number of aliphatic hydroxyl groups excluding tert-OH is 1. The number of hydrogen-bond acceptors (Lipinski definition) is 2. The Labute approximate surface area is 124 Å². The molecule has 1 atom stereocenters. The molecule has 21 heavy (non-hydrogen) atoms. The number of rotatable bonds is 4.